The van der Waals surface area contributed by atoms with Gasteiger partial charge in [0.25, 0.3) is 0 Å². The van der Waals surface area contributed by atoms with Gasteiger partial charge in [0.15, 0.2) is 0 Å². The molecule has 0 aromatic heterocycles. The second-order valence-corrected chi connectivity index (χ2v) is 14.3. The summed E-state index contributed by atoms with van der Waals surface area (Å²) in [5, 5.41) is 0. The van der Waals surface area contributed by atoms with Crippen LogP contribution in [0.5, 0.6) is 0 Å². The fourth-order valence-electron chi connectivity index (χ4n) is 6.51. The van der Waals surface area contributed by atoms with Crippen LogP contribution in [0, 0.1) is 0 Å². The van der Waals surface area contributed by atoms with Gasteiger partial charge in [-0.3, -0.25) is 0 Å². The Hall–Kier alpha value is -0.900. The standard InChI is InChI=1S/C43H81NO2/c1-4-6-8-10-12-14-16-18-20-22-23-25-27-29-31-33-35-37-39-46-43-41-44(3)40-42(43)45-38-36-34-32-30-28-26-24-21-19-17-15-13-11-9-7-5-2/h13-16,20,22,42-43H,4-12,17-19,21,23-41H2,1-3H3/b15-13-,16-14-,22-20-/t42-,43-/m1/s1. The summed E-state index contributed by atoms with van der Waals surface area (Å²) >= 11 is 0. The molecule has 0 aromatic carbocycles. The summed E-state index contributed by atoms with van der Waals surface area (Å²) in [4.78, 5) is 2.38. The molecule has 1 aliphatic rings. The van der Waals surface area contributed by atoms with E-state index < -0.39 is 0 Å². The largest absolute Gasteiger partial charge is 0.374 e. The van der Waals surface area contributed by atoms with Gasteiger partial charge in [0.1, 0.15) is 0 Å². The molecule has 3 nitrogen and oxygen atoms in total. The van der Waals surface area contributed by atoms with Crippen LogP contribution in [0.4, 0.5) is 0 Å². The maximum absolute atomic E-state index is 6.32. The number of likely N-dealkylation sites (tertiary alicyclic amines) is 1. The van der Waals surface area contributed by atoms with E-state index in [4.69, 9.17) is 9.47 Å². The lowest BCUT2D eigenvalue weighted by Crippen LogP contribution is -2.30. The number of rotatable bonds is 35. The Balaban J connectivity index is 1.87. The number of ether oxygens (including phenoxy) is 2. The highest BCUT2D eigenvalue weighted by atomic mass is 16.5. The molecule has 1 saturated heterocycles. The number of likely N-dealkylation sites (N-methyl/N-ethyl adjacent to an activating group) is 1. The number of nitrogens with zero attached hydrogens (tertiary/aromatic N) is 1. The van der Waals surface area contributed by atoms with Crippen LogP contribution < -0.4 is 0 Å². The molecule has 0 spiro atoms. The van der Waals surface area contributed by atoms with Crippen molar-refractivity contribution in [3.05, 3.63) is 36.5 Å². The Kier molecular flexibility index (Phi) is 33.2. The molecule has 3 heteroatoms. The Labute approximate surface area is 289 Å². The molecule has 0 radical (unpaired) electrons. The molecule has 0 amide bonds. The maximum Gasteiger partial charge on any atom is 0.0975 e. The van der Waals surface area contributed by atoms with Crippen molar-refractivity contribution < 1.29 is 9.47 Å². The van der Waals surface area contributed by atoms with Crippen LogP contribution in [0.1, 0.15) is 194 Å². The van der Waals surface area contributed by atoms with Crippen LogP contribution in [-0.4, -0.2) is 50.5 Å². The van der Waals surface area contributed by atoms with Crippen LogP contribution in [-0.2, 0) is 9.47 Å². The van der Waals surface area contributed by atoms with Gasteiger partial charge in [0.2, 0.25) is 0 Å². The molecule has 46 heavy (non-hydrogen) atoms. The van der Waals surface area contributed by atoms with E-state index in [0.717, 1.165) is 32.7 Å². The van der Waals surface area contributed by atoms with Crippen molar-refractivity contribution >= 4 is 0 Å². The van der Waals surface area contributed by atoms with Crippen LogP contribution >= 0.6 is 0 Å². The molecule has 1 rings (SSSR count). The minimum Gasteiger partial charge on any atom is -0.374 e. The zero-order chi connectivity index (χ0) is 33.0. The van der Waals surface area contributed by atoms with Gasteiger partial charge in [0, 0.05) is 26.3 Å². The number of allylic oxidation sites excluding steroid dienone is 6. The van der Waals surface area contributed by atoms with Crippen molar-refractivity contribution in [1.29, 1.82) is 0 Å². The molecular formula is C43H81NO2. The van der Waals surface area contributed by atoms with Crippen molar-refractivity contribution in [1.82, 2.24) is 4.90 Å². The molecule has 0 aliphatic carbocycles. The van der Waals surface area contributed by atoms with Crippen molar-refractivity contribution in [2.24, 2.45) is 0 Å². The Bertz CT molecular complexity index is 686. The first-order valence-electron chi connectivity index (χ1n) is 20.6. The SMILES string of the molecule is CCCCC/C=C\CCCCCCCCCCCO[C@@H]1CN(C)C[C@H]1OCCCCCCCCC/C=C\C/C=C\CCCCCC. The van der Waals surface area contributed by atoms with E-state index in [2.05, 4.69) is 62.3 Å². The number of hydrogen-bond donors (Lipinski definition) is 0. The second kappa shape index (κ2) is 35.4. The minimum absolute atomic E-state index is 0.260. The zero-order valence-corrected chi connectivity index (χ0v) is 31.5. The summed E-state index contributed by atoms with van der Waals surface area (Å²) in [5.41, 5.74) is 0. The highest BCUT2D eigenvalue weighted by Gasteiger charge is 2.32. The Morgan fingerprint density at radius 2 is 0.717 bits per heavy atom. The van der Waals surface area contributed by atoms with E-state index in [1.165, 1.54) is 173 Å². The molecule has 1 heterocycles. The molecule has 1 fully saturated rings. The molecule has 0 saturated carbocycles. The van der Waals surface area contributed by atoms with E-state index in [1.54, 1.807) is 0 Å². The van der Waals surface area contributed by atoms with E-state index in [0.29, 0.717) is 0 Å². The highest BCUT2D eigenvalue weighted by molar-refractivity contribution is 4.92. The molecule has 0 bridgehead atoms. The van der Waals surface area contributed by atoms with Gasteiger partial charge in [0.05, 0.1) is 12.2 Å². The third kappa shape index (κ3) is 29.3. The Morgan fingerprint density at radius 1 is 0.413 bits per heavy atom. The average Bonchev–Trinajstić information content (AvgIpc) is 3.42. The summed E-state index contributed by atoms with van der Waals surface area (Å²) in [6, 6.07) is 0. The summed E-state index contributed by atoms with van der Waals surface area (Å²) in [6.45, 7) is 8.38. The summed E-state index contributed by atoms with van der Waals surface area (Å²) in [5.74, 6) is 0. The smallest absolute Gasteiger partial charge is 0.0975 e. The third-order valence-corrected chi connectivity index (χ3v) is 9.56. The molecule has 1 aliphatic heterocycles. The first-order chi connectivity index (χ1) is 22.8. The maximum atomic E-state index is 6.32. The zero-order valence-electron chi connectivity index (χ0n) is 31.5. The fraction of sp³-hybridized carbons (Fsp3) is 0.860. The fourth-order valence-corrected chi connectivity index (χ4v) is 6.51. The molecule has 0 unspecified atom stereocenters. The van der Waals surface area contributed by atoms with Crippen molar-refractivity contribution in [3.63, 3.8) is 0 Å². The molecule has 0 aromatic rings. The summed E-state index contributed by atoms with van der Waals surface area (Å²) < 4.78 is 12.6. The van der Waals surface area contributed by atoms with Crippen LogP contribution in [0.3, 0.4) is 0 Å². The van der Waals surface area contributed by atoms with E-state index in [9.17, 15) is 0 Å². The second-order valence-electron chi connectivity index (χ2n) is 14.3. The number of hydrogen-bond acceptors (Lipinski definition) is 3. The minimum atomic E-state index is 0.260. The molecule has 2 atom stereocenters. The van der Waals surface area contributed by atoms with Crippen LogP contribution in [0.15, 0.2) is 36.5 Å². The van der Waals surface area contributed by atoms with Gasteiger partial charge in [-0.15, -0.1) is 0 Å². The normalized spacial score (nSPS) is 17.5. The van der Waals surface area contributed by atoms with E-state index in [1.807, 2.05) is 0 Å². The monoisotopic (exact) mass is 644 g/mol. The van der Waals surface area contributed by atoms with Gasteiger partial charge < -0.3 is 14.4 Å². The number of unbranched alkanes of at least 4 members (excludes halogenated alkanes) is 23. The summed E-state index contributed by atoms with van der Waals surface area (Å²) in [7, 11) is 2.20. The first kappa shape index (κ1) is 43.1. The highest BCUT2D eigenvalue weighted by Crippen LogP contribution is 2.18. The molecule has 270 valence electrons. The van der Waals surface area contributed by atoms with Crippen molar-refractivity contribution in [2.45, 2.75) is 206 Å². The van der Waals surface area contributed by atoms with Crippen molar-refractivity contribution in [2.75, 3.05) is 33.4 Å². The first-order valence-corrected chi connectivity index (χ1v) is 20.6. The predicted molar refractivity (Wildman–Crippen MR) is 205 cm³/mol. The van der Waals surface area contributed by atoms with Gasteiger partial charge in [-0.1, -0.05) is 159 Å². The van der Waals surface area contributed by atoms with Gasteiger partial charge in [-0.25, -0.2) is 0 Å². The van der Waals surface area contributed by atoms with Crippen LogP contribution in [0.25, 0.3) is 0 Å². The molecular weight excluding hydrogens is 562 g/mol. The van der Waals surface area contributed by atoms with Gasteiger partial charge in [-0.05, 0) is 77.7 Å². The topological polar surface area (TPSA) is 21.7 Å². The van der Waals surface area contributed by atoms with Gasteiger partial charge in [-0.2, -0.15) is 0 Å². The quantitative estimate of drug-likeness (QED) is 0.0506. The lowest BCUT2D eigenvalue weighted by Gasteiger charge is -2.20. The van der Waals surface area contributed by atoms with E-state index >= 15 is 0 Å². The lowest BCUT2D eigenvalue weighted by molar-refractivity contribution is -0.0481. The third-order valence-electron chi connectivity index (χ3n) is 9.56. The predicted octanol–water partition coefficient (Wildman–Crippen LogP) is 13.3. The van der Waals surface area contributed by atoms with E-state index in [-0.39, 0.29) is 12.2 Å². The lowest BCUT2D eigenvalue weighted by atomic mass is 10.1. The summed E-state index contributed by atoms with van der Waals surface area (Å²) in [6.07, 6.45) is 52.1. The van der Waals surface area contributed by atoms with Gasteiger partial charge >= 0.3 is 0 Å². The van der Waals surface area contributed by atoms with Crippen molar-refractivity contribution in [3.8, 4) is 0 Å². The average molecular weight is 644 g/mol. The molecule has 0 N–H and O–H groups in total. The Morgan fingerprint density at radius 3 is 1.13 bits per heavy atom. The van der Waals surface area contributed by atoms with Crippen LogP contribution in [0.2, 0.25) is 0 Å².